The standard InChI is InChI=1S/C13H16Cl2N2O/c1-8(2)13(3-4-13)7-17-12(18)9-5-10(14)11(15)16-6-9/h5-6,8H,3-4,7H2,1-2H3,(H,17,18). The van der Waals surface area contributed by atoms with Gasteiger partial charge in [-0.25, -0.2) is 4.98 Å². The third kappa shape index (κ3) is 2.78. The SMILES string of the molecule is CC(C)C1(CNC(=O)c2cnc(Cl)c(Cl)c2)CC1. The first-order chi connectivity index (χ1) is 8.44. The van der Waals surface area contributed by atoms with E-state index in [2.05, 4.69) is 24.1 Å². The number of hydrogen-bond acceptors (Lipinski definition) is 2. The molecule has 0 aliphatic heterocycles. The van der Waals surface area contributed by atoms with Gasteiger partial charge >= 0.3 is 0 Å². The summed E-state index contributed by atoms with van der Waals surface area (Å²) in [6.07, 6.45) is 3.81. The number of carbonyl (C=O) groups is 1. The van der Waals surface area contributed by atoms with Gasteiger partial charge in [-0.1, -0.05) is 37.0 Å². The van der Waals surface area contributed by atoms with E-state index < -0.39 is 0 Å². The zero-order valence-corrected chi connectivity index (χ0v) is 12.0. The Hall–Kier alpha value is -0.800. The molecule has 1 aromatic rings. The molecular weight excluding hydrogens is 271 g/mol. The van der Waals surface area contributed by atoms with E-state index in [1.807, 2.05) is 0 Å². The second kappa shape index (κ2) is 5.06. The third-order valence-electron chi connectivity index (χ3n) is 3.78. The van der Waals surface area contributed by atoms with Gasteiger partial charge in [0.1, 0.15) is 5.15 Å². The number of halogens is 2. The summed E-state index contributed by atoms with van der Waals surface area (Å²) >= 11 is 11.5. The lowest BCUT2D eigenvalue weighted by molar-refractivity contribution is 0.0939. The lowest BCUT2D eigenvalue weighted by Gasteiger charge is -2.19. The van der Waals surface area contributed by atoms with Crippen molar-refractivity contribution in [2.45, 2.75) is 26.7 Å². The molecule has 5 heteroatoms. The van der Waals surface area contributed by atoms with Crippen molar-refractivity contribution in [3.63, 3.8) is 0 Å². The van der Waals surface area contributed by atoms with Crippen LogP contribution < -0.4 is 5.32 Å². The Balaban J connectivity index is 1.98. The first kappa shape index (κ1) is 13.6. The summed E-state index contributed by atoms with van der Waals surface area (Å²) in [5, 5.41) is 3.47. The average Bonchev–Trinajstić information content (AvgIpc) is 3.11. The predicted octanol–water partition coefficient (Wildman–Crippen LogP) is 3.55. The molecule has 1 heterocycles. The monoisotopic (exact) mass is 286 g/mol. The maximum atomic E-state index is 12.0. The van der Waals surface area contributed by atoms with Gasteiger partial charge in [0.25, 0.3) is 5.91 Å². The van der Waals surface area contributed by atoms with E-state index in [4.69, 9.17) is 23.2 Å². The molecule has 1 aliphatic rings. The summed E-state index contributed by atoms with van der Waals surface area (Å²) in [5.74, 6) is 0.442. The van der Waals surface area contributed by atoms with Crippen molar-refractivity contribution in [2.75, 3.05) is 6.54 Å². The molecule has 0 bridgehead atoms. The van der Waals surface area contributed by atoms with Crippen molar-refractivity contribution in [3.05, 3.63) is 28.0 Å². The van der Waals surface area contributed by atoms with Crippen LogP contribution in [-0.4, -0.2) is 17.4 Å². The van der Waals surface area contributed by atoms with E-state index in [1.54, 1.807) is 6.07 Å². The Morgan fingerprint density at radius 2 is 2.17 bits per heavy atom. The molecule has 0 spiro atoms. The minimum absolute atomic E-state index is 0.145. The fraction of sp³-hybridized carbons (Fsp3) is 0.538. The van der Waals surface area contributed by atoms with Crippen LogP contribution >= 0.6 is 23.2 Å². The molecule has 1 amide bonds. The Bertz CT molecular complexity index is 470. The van der Waals surface area contributed by atoms with Crippen molar-refractivity contribution >= 4 is 29.1 Å². The van der Waals surface area contributed by atoms with Crippen LogP contribution in [-0.2, 0) is 0 Å². The minimum atomic E-state index is -0.145. The Kier molecular flexibility index (Phi) is 3.83. The van der Waals surface area contributed by atoms with E-state index >= 15 is 0 Å². The first-order valence-corrected chi connectivity index (χ1v) is 6.79. The van der Waals surface area contributed by atoms with Gasteiger partial charge in [-0.15, -0.1) is 0 Å². The van der Waals surface area contributed by atoms with Crippen molar-refractivity contribution in [1.29, 1.82) is 0 Å². The van der Waals surface area contributed by atoms with Crippen LogP contribution in [0.4, 0.5) is 0 Å². The Morgan fingerprint density at radius 1 is 1.50 bits per heavy atom. The summed E-state index contributed by atoms with van der Waals surface area (Å²) < 4.78 is 0. The van der Waals surface area contributed by atoms with Crippen molar-refractivity contribution < 1.29 is 4.79 Å². The highest BCUT2D eigenvalue weighted by atomic mass is 35.5. The Morgan fingerprint density at radius 3 is 2.67 bits per heavy atom. The summed E-state index contributed by atoms with van der Waals surface area (Å²) in [4.78, 5) is 15.8. The highest BCUT2D eigenvalue weighted by Gasteiger charge is 2.45. The molecule has 3 nitrogen and oxygen atoms in total. The molecule has 0 radical (unpaired) electrons. The maximum absolute atomic E-state index is 12.0. The largest absolute Gasteiger partial charge is 0.351 e. The van der Waals surface area contributed by atoms with Crippen LogP contribution in [0, 0.1) is 11.3 Å². The third-order valence-corrected chi connectivity index (χ3v) is 4.46. The number of carbonyl (C=O) groups excluding carboxylic acids is 1. The van der Waals surface area contributed by atoms with Gasteiger partial charge in [-0.3, -0.25) is 4.79 Å². The van der Waals surface area contributed by atoms with Gasteiger partial charge in [0.15, 0.2) is 0 Å². The topological polar surface area (TPSA) is 42.0 Å². The normalized spacial score (nSPS) is 16.7. The molecular formula is C13H16Cl2N2O. The van der Waals surface area contributed by atoms with Crippen LogP contribution in [0.5, 0.6) is 0 Å². The number of pyridine rings is 1. The van der Waals surface area contributed by atoms with Gasteiger partial charge < -0.3 is 5.32 Å². The van der Waals surface area contributed by atoms with Crippen LogP contribution in [0.1, 0.15) is 37.0 Å². The van der Waals surface area contributed by atoms with Crippen LogP contribution in [0.15, 0.2) is 12.3 Å². The van der Waals surface area contributed by atoms with E-state index in [0.29, 0.717) is 28.5 Å². The summed E-state index contributed by atoms with van der Waals surface area (Å²) in [6, 6.07) is 1.54. The van der Waals surface area contributed by atoms with Crippen molar-refractivity contribution in [3.8, 4) is 0 Å². The number of hydrogen-bond donors (Lipinski definition) is 1. The minimum Gasteiger partial charge on any atom is -0.351 e. The lowest BCUT2D eigenvalue weighted by Crippen LogP contribution is -2.32. The van der Waals surface area contributed by atoms with Gasteiger partial charge in [-0.05, 0) is 30.2 Å². The molecule has 0 atom stereocenters. The van der Waals surface area contributed by atoms with E-state index in [0.717, 1.165) is 0 Å². The van der Waals surface area contributed by atoms with Crippen molar-refractivity contribution in [1.82, 2.24) is 10.3 Å². The molecule has 2 rings (SSSR count). The average molecular weight is 287 g/mol. The molecule has 98 valence electrons. The second-order valence-electron chi connectivity index (χ2n) is 5.20. The zero-order chi connectivity index (χ0) is 13.3. The molecule has 0 aromatic carbocycles. The lowest BCUT2D eigenvalue weighted by atomic mass is 9.92. The summed E-state index contributed by atoms with van der Waals surface area (Å²) in [5.41, 5.74) is 0.739. The van der Waals surface area contributed by atoms with Crippen LogP contribution in [0.3, 0.4) is 0 Å². The molecule has 0 saturated heterocycles. The molecule has 1 aliphatic carbocycles. The molecule has 1 N–H and O–H groups in total. The predicted molar refractivity (Wildman–Crippen MR) is 73.1 cm³/mol. The van der Waals surface area contributed by atoms with Gasteiger partial charge in [0.2, 0.25) is 0 Å². The van der Waals surface area contributed by atoms with E-state index in [1.165, 1.54) is 19.0 Å². The fourth-order valence-corrected chi connectivity index (χ4v) is 2.29. The molecule has 1 aromatic heterocycles. The number of nitrogens with one attached hydrogen (secondary N) is 1. The quantitative estimate of drug-likeness (QED) is 0.860. The van der Waals surface area contributed by atoms with Crippen molar-refractivity contribution in [2.24, 2.45) is 11.3 Å². The molecule has 0 unspecified atom stereocenters. The summed E-state index contributed by atoms with van der Waals surface area (Å²) in [6.45, 7) is 5.10. The number of amides is 1. The highest BCUT2D eigenvalue weighted by Crippen LogP contribution is 2.51. The smallest absolute Gasteiger partial charge is 0.252 e. The second-order valence-corrected chi connectivity index (χ2v) is 5.96. The summed E-state index contributed by atoms with van der Waals surface area (Å²) in [7, 11) is 0. The molecule has 1 saturated carbocycles. The van der Waals surface area contributed by atoms with Gasteiger partial charge in [0.05, 0.1) is 10.6 Å². The van der Waals surface area contributed by atoms with Crippen LogP contribution in [0.25, 0.3) is 0 Å². The first-order valence-electron chi connectivity index (χ1n) is 6.04. The van der Waals surface area contributed by atoms with Gasteiger partial charge in [-0.2, -0.15) is 0 Å². The molecule has 1 fully saturated rings. The number of rotatable bonds is 4. The van der Waals surface area contributed by atoms with E-state index in [9.17, 15) is 4.79 Å². The van der Waals surface area contributed by atoms with E-state index in [-0.39, 0.29) is 11.1 Å². The fourth-order valence-electron chi connectivity index (χ4n) is 2.02. The highest BCUT2D eigenvalue weighted by molar-refractivity contribution is 6.41. The number of nitrogens with zero attached hydrogens (tertiary/aromatic N) is 1. The molecule has 18 heavy (non-hydrogen) atoms. The zero-order valence-electron chi connectivity index (χ0n) is 10.5. The maximum Gasteiger partial charge on any atom is 0.252 e. The van der Waals surface area contributed by atoms with Crippen LogP contribution in [0.2, 0.25) is 10.2 Å². The van der Waals surface area contributed by atoms with Gasteiger partial charge in [0, 0.05) is 12.7 Å². The Labute approximate surface area is 117 Å². The number of aromatic nitrogens is 1.